The molecule has 5 N–H and O–H groups in total. The van der Waals surface area contributed by atoms with Crippen LogP contribution >= 0.6 is 0 Å². The van der Waals surface area contributed by atoms with Crippen LogP contribution in [-0.4, -0.2) is 288 Å². The lowest BCUT2D eigenvalue weighted by Crippen LogP contribution is -2.54. The van der Waals surface area contributed by atoms with Crippen LogP contribution in [0.2, 0.25) is 0 Å². The standard InChI is InChI=1S/C78H171N8O5/c1-16-20-24-28-32-36-40-44-48-52-60-83(8,9)70-75(88)64-79(56-58-80(65-74(87)69-82(5,6)7)66-76(89)71-84(10,11)61-53-49-45-41-37-33-29-25-21-17-2)57-59-81(67-77(90)72-85(12,13)62-54-50-46-42-38-34-30-26-22-18-3)68-78(91)73-86(14,15)63-55-51-47-43-39-35-31-27-23-19-4/h74-78,87-91H,16-73H2,1-15H3/q+5. The van der Waals surface area contributed by atoms with Crippen molar-refractivity contribution in [3.63, 3.8) is 0 Å². The van der Waals surface area contributed by atoms with Crippen molar-refractivity contribution in [2.24, 2.45) is 0 Å². The minimum atomic E-state index is -0.553. The van der Waals surface area contributed by atoms with Crippen LogP contribution in [0.15, 0.2) is 0 Å². The molecule has 0 heterocycles. The van der Waals surface area contributed by atoms with Gasteiger partial charge in [0.05, 0.1) is 104 Å². The minimum absolute atomic E-state index is 0.475. The Morgan fingerprint density at radius 2 is 0.363 bits per heavy atom. The number of likely N-dealkylation sites (N-methyl/N-ethyl adjacent to an activating group) is 5. The molecule has 0 radical (unpaired) electrons. The number of aliphatic hydroxyl groups excluding tert-OH is 5. The second kappa shape index (κ2) is 56.4. The van der Waals surface area contributed by atoms with Gasteiger partial charge in [-0.05, 0) is 51.4 Å². The van der Waals surface area contributed by atoms with Crippen molar-refractivity contribution in [1.29, 1.82) is 0 Å². The molecule has 5 atom stereocenters. The van der Waals surface area contributed by atoms with Crippen molar-refractivity contribution in [2.45, 2.75) is 315 Å². The quantitative estimate of drug-likeness (QED) is 0.0303. The summed E-state index contributed by atoms with van der Waals surface area (Å²) in [6, 6.07) is 0. The van der Waals surface area contributed by atoms with E-state index in [0.29, 0.717) is 96.1 Å². The molecule has 0 aliphatic rings. The van der Waals surface area contributed by atoms with Gasteiger partial charge in [-0.25, -0.2) is 0 Å². The zero-order valence-corrected chi connectivity index (χ0v) is 64.7. The van der Waals surface area contributed by atoms with E-state index in [-0.39, 0.29) is 0 Å². The average Bonchev–Trinajstić information content (AvgIpc) is 3.66. The molecule has 0 fully saturated rings. The summed E-state index contributed by atoms with van der Waals surface area (Å²) < 4.78 is 3.76. The maximum absolute atomic E-state index is 12.2. The van der Waals surface area contributed by atoms with E-state index in [4.69, 9.17) is 0 Å². The van der Waals surface area contributed by atoms with Crippen molar-refractivity contribution in [2.75, 3.05) is 195 Å². The Labute approximate surface area is 570 Å². The predicted molar refractivity (Wildman–Crippen MR) is 397 cm³/mol. The van der Waals surface area contributed by atoms with E-state index in [1.807, 2.05) is 0 Å². The third-order valence-electron chi connectivity index (χ3n) is 19.9. The Balaban J connectivity index is 6.59. The van der Waals surface area contributed by atoms with Crippen LogP contribution in [0.1, 0.15) is 285 Å². The van der Waals surface area contributed by atoms with Crippen LogP contribution in [0.4, 0.5) is 0 Å². The third kappa shape index (κ3) is 60.4. The number of hydrogen-bond acceptors (Lipinski definition) is 8. The Morgan fingerprint density at radius 1 is 0.209 bits per heavy atom. The number of aliphatic hydroxyl groups is 5. The minimum Gasteiger partial charge on any atom is -0.386 e. The molecule has 548 valence electrons. The highest BCUT2D eigenvalue weighted by Gasteiger charge is 2.30. The number of unbranched alkanes of at least 4 members (excludes halogenated alkanes) is 36. The lowest BCUT2D eigenvalue weighted by molar-refractivity contribution is -0.893. The molecule has 0 saturated heterocycles. The Bertz CT molecular complexity index is 1520. The summed E-state index contributed by atoms with van der Waals surface area (Å²) in [7, 11) is 24.6. The second-order valence-corrected chi connectivity index (χ2v) is 33.7. The molecule has 13 nitrogen and oxygen atoms in total. The van der Waals surface area contributed by atoms with Crippen LogP contribution in [-0.2, 0) is 0 Å². The maximum atomic E-state index is 12.2. The first-order valence-electron chi connectivity index (χ1n) is 39.8. The zero-order valence-electron chi connectivity index (χ0n) is 64.7. The van der Waals surface area contributed by atoms with Crippen molar-refractivity contribution in [3.05, 3.63) is 0 Å². The second-order valence-electron chi connectivity index (χ2n) is 33.7. The van der Waals surface area contributed by atoms with E-state index in [2.05, 4.69) is 120 Å². The fraction of sp³-hybridized carbons (Fsp3) is 1.00. The molecule has 5 unspecified atom stereocenters. The summed E-state index contributed by atoms with van der Waals surface area (Å²) in [6.45, 7) is 21.7. The van der Waals surface area contributed by atoms with E-state index in [9.17, 15) is 25.5 Å². The Hall–Kier alpha value is -0.520. The fourth-order valence-electron chi connectivity index (χ4n) is 14.5. The summed E-state index contributed by atoms with van der Waals surface area (Å²) >= 11 is 0. The van der Waals surface area contributed by atoms with Gasteiger partial charge in [0, 0.05) is 58.9 Å². The summed E-state index contributed by atoms with van der Waals surface area (Å²) in [5, 5.41) is 60.0. The molecule has 0 aliphatic carbocycles. The fourth-order valence-corrected chi connectivity index (χ4v) is 14.5. The van der Waals surface area contributed by atoms with Gasteiger partial charge in [0.15, 0.2) is 0 Å². The monoisotopic (exact) mass is 1300 g/mol. The third-order valence-corrected chi connectivity index (χ3v) is 19.9. The molecule has 0 rings (SSSR count). The molecule has 0 amide bonds. The summed E-state index contributed by atoms with van der Waals surface area (Å²) in [4.78, 5) is 7.05. The molecule has 0 spiro atoms. The molecule has 0 aromatic heterocycles. The predicted octanol–water partition coefficient (Wildman–Crippen LogP) is 14.4. The zero-order chi connectivity index (χ0) is 68.1. The van der Waals surface area contributed by atoms with Gasteiger partial charge in [-0.15, -0.1) is 0 Å². The Kier molecular flexibility index (Phi) is 56.0. The highest BCUT2D eigenvalue weighted by molar-refractivity contribution is 4.77. The first-order valence-corrected chi connectivity index (χ1v) is 39.8. The first-order chi connectivity index (χ1) is 43.2. The lowest BCUT2D eigenvalue weighted by Gasteiger charge is -2.38. The van der Waals surface area contributed by atoms with Crippen molar-refractivity contribution in [3.8, 4) is 0 Å². The van der Waals surface area contributed by atoms with Gasteiger partial charge in [0.25, 0.3) is 0 Å². The summed E-state index contributed by atoms with van der Waals surface area (Å²) in [6.07, 6.45) is 50.0. The molecule has 0 bridgehead atoms. The van der Waals surface area contributed by atoms with Crippen molar-refractivity contribution >= 4 is 0 Å². The van der Waals surface area contributed by atoms with Crippen LogP contribution in [0.5, 0.6) is 0 Å². The molecule has 0 aromatic carbocycles. The summed E-state index contributed by atoms with van der Waals surface area (Å²) in [5.74, 6) is 0. The van der Waals surface area contributed by atoms with Gasteiger partial charge >= 0.3 is 0 Å². The van der Waals surface area contributed by atoms with Crippen LogP contribution in [0, 0.1) is 0 Å². The SMILES string of the molecule is CCCCCCCCCCCC[N+](C)(C)CC(O)CN(CCN(CC(O)C[N+](C)(C)C)CC(O)C[N+](C)(C)CCCCCCCCCCCC)CCN(CC(O)C[N+](C)(C)CCCCCCCCCCCC)CC(O)C[N+](C)(C)CCCCCCCCCCCC. The number of nitrogens with zero attached hydrogens (tertiary/aromatic N) is 8. The van der Waals surface area contributed by atoms with E-state index in [1.165, 1.54) is 257 Å². The van der Waals surface area contributed by atoms with Crippen LogP contribution < -0.4 is 0 Å². The molecular formula is C78H171N8O5+5. The normalized spacial score (nSPS) is 14.8. The number of quaternary nitrogens is 5. The molecule has 0 saturated carbocycles. The first kappa shape index (κ1) is 90.5. The molecular weight excluding hydrogens is 1130 g/mol. The van der Waals surface area contributed by atoms with Crippen LogP contribution in [0.25, 0.3) is 0 Å². The average molecular weight is 1300 g/mol. The van der Waals surface area contributed by atoms with Gasteiger partial charge in [0.2, 0.25) is 0 Å². The topological polar surface area (TPSA) is 111 Å². The lowest BCUT2D eigenvalue weighted by atomic mass is 10.1. The summed E-state index contributed by atoms with van der Waals surface area (Å²) in [5.41, 5.74) is 0. The Morgan fingerprint density at radius 3 is 0.549 bits per heavy atom. The number of hydrogen-bond donors (Lipinski definition) is 5. The molecule has 13 heteroatoms. The molecule has 0 aromatic rings. The smallest absolute Gasteiger partial charge is 0.115 e. The highest BCUT2D eigenvalue weighted by Crippen LogP contribution is 2.19. The van der Waals surface area contributed by atoms with Gasteiger partial charge in [-0.1, -0.05) is 233 Å². The highest BCUT2D eigenvalue weighted by atomic mass is 16.3. The van der Waals surface area contributed by atoms with E-state index in [0.717, 1.165) is 44.1 Å². The van der Waals surface area contributed by atoms with Gasteiger partial charge < -0.3 is 47.9 Å². The molecule has 0 aliphatic heterocycles. The maximum Gasteiger partial charge on any atom is 0.115 e. The largest absolute Gasteiger partial charge is 0.386 e. The van der Waals surface area contributed by atoms with E-state index >= 15 is 0 Å². The van der Waals surface area contributed by atoms with Crippen molar-refractivity contribution < 1.29 is 47.9 Å². The van der Waals surface area contributed by atoms with Crippen molar-refractivity contribution in [1.82, 2.24) is 14.7 Å². The van der Waals surface area contributed by atoms with Gasteiger partial charge in [0.1, 0.15) is 63.2 Å². The van der Waals surface area contributed by atoms with Crippen LogP contribution in [0.3, 0.4) is 0 Å². The molecule has 91 heavy (non-hydrogen) atoms. The van der Waals surface area contributed by atoms with Gasteiger partial charge in [-0.2, -0.15) is 0 Å². The van der Waals surface area contributed by atoms with E-state index < -0.39 is 30.5 Å². The number of rotatable bonds is 70. The van der Waals surface area contributed by atoms with E-state index in [1.54, 1.807) is 0 Å². The van der Waals surface area contributed by atoms with Gasteiger partial charge in [-0.3, -0.25) is 14.7 Å².